The average molecular weight is 285 g/mol. The van der Waals surface area contributed by atoms with E-state index in [0.29, 0.717) is 6.04 Å². The molecule has 1 fully saturated rings. The summed E-state index contributed by atoms with van der Waals surface area (Å²) in [6, 6.07) is 10.9. The van der Waals surface area contributed by atoms with Crippen LogP contribution in [0.15, 0.2) is 36.5 Å². The fraction of sp³-hybridized carbons (Fsp3) is 0.438. The van der Waals surface area contributed by atoms with Crippen LogP contribution in [0.3, 0.4) is 0 Å². The number of piperazine rings is 1. The molecule has 5 heteroatoms. The number of nitrogens with two attached hydrogens (primary N) is 1. The smallest absolute Gasteiger partial charge is 0.0702 e. The lowest BCUT2D eigenvalue weighted by Crippen LogP contribution is -2.56. The van der Waals surface area contributed by atoms with Gasteiger partial charge in [0.2, 0.25) is 0 Å². The second-order valence-electron chi connectivity index (χ2n) is 5.91. The first-order valence-corrected chi connectivity index (χ1v) is 7.38. The lowest BCUT2D eigenvalue weighted by molar-refractivity contribution is 0.0877. The van der Waals surface area contributed by atoms with E-state index in [4.69, 9.17) is 5.84 Å². The normalized spacial score (nSPS) is 22.5. The van der Waals surface area contributed by atoms with Crippen molar-refractivity contribution in [3.05, 3.63) is 42.1 Å². The highest BCUT2D eigenvalue weighted by molar-refractivity contribution is 5.79. The molecule has 2 atom stereocenters. The second kappa shape index (κ2) is 6.07. The molecular formula is C16H23N5. The molecule has 3 N–H and O–H groups in total. The zero-order valence-electron chi connectivity index (χ0n) is 12.7. The molecule has 3 rings (SSSR count). The Hall–Kier alpha value is -1.53. The minimum Gasteiger partial charge on any atom is -0.303 e. The summed E-state index contributed by atoms with van der Waals surface area (Å²) in [5.41, 5.74) is 5.25. The Labute approximate surface area is 125 Å². The van der Waals surface area contributed by atoms with Crippen molar-refractivity contribution in [1.82, 2.24) is 20.2 Å². The van der Waals surface area contributed by atoms with E-state index in [0.717, 1.165) is 30.5 Å². The number of likely N-dealkylation sites (N-methyl/N-ethyl adjacent to an activating group) is 2. The number of nitrogens with zero attached hydrogens (tertiary/aromatic N) is 3. The van der Waals surface area contributed by atoms with E-state index < -0.39 is 0 Å². The van der Waals surface area contributed by atoms with E-state index in [-0.39, 0.29) is 6.04 Å². The number of hydrogen-bond donors (Lipinski definition) is 2. The topological polar surface area (TPSA) is 57.4 Å². The molecule has 0 amide bonds. The summed E-state index contributed by atoms with van der Waals surface area (Å²) in [4.78, 5) is 9.12. The molecule has 1 saturated heterocycles. The van der Waals surface area contributed by atoms with Crippen LogP contribution in [0.4, 0.5) is 0 Å². The third-order valence-electron chi connectivity index (χ3n) is 4.45. The average Bonchev–Trinajstić information content (AvgIpc) is 2.51. The Bertz CT molecular complexity index is 614. The fourth-order valence-electron chi connectivity index (χ4n) is 3.12. The molecule has 0 aliphatic carbocycles. The van der Waals surface area contributed by atoms with Crippen LogP contribution >= 0.6 is 0 Å². The predicted octanol–water partition coefficient (Wildman–Crippen LogP) is 0.985. The number of nitrogens with one attached hydrogen (secondary N) is 1. The third kappa shape index (κ3) is 2.91. The van der Waals surface area contributed by atoms with E-state index in [1.807, 2.05) is 12.3 Å². The number of rotatable bonds is 3. The van der Waals surface area contributed by atoms with Gasteiger partial charge in [-0.25, -0.2) is 0 Å². The molecule has 1 aromatic carbocycles. The maximum Gasteiger partial charge on any atom is 0.0702 e. The Balaban J connectivity index is 1.93. The van der Waals surface area contributed by atoms with Crippen molar-refractivity contribution in [2.75, 3.05) is 33.7 Å². The zero-order chi connectivity index (χ0) is 14.8. The van der Waals surface area contributed by atoms with Gasteiger partial charge >= 0.3 is 0 Å². The van der Waals surface area contributed by atoms with Gasteiger partial charge in [-0.1, -0.05) is 12.1 Å². The number of pyridine rings is 1. The molecule has 0 radical (unpaired) electrons. The van der Waals surface area contributed by atoms with E-state index >= 15 is 0 Å². The maximum absolute atomic E-state index is 5.88. The highest BCUT2D eigenvalue weighted by Gasteiger charge is 2.30. The van der Waals surface area contributed by atoms with Crippen molar-refractivity contribution in [2.24, 2.45) is 5.84 Å². The van der Waals surface area contributed by atoms with Gasteiger partial charge in [0.1, 0.15) is 0 Å². The molecule has 0 spiro atoms. The van der Waals surface area contributed by atoms with Crippen LogP contribution in [-0.2, 0) is 0 Å². The summed E-state index contributed by atoms with van der Waals surface area (Å²) in [6.45, 7) is 3.18. The van der Waals surface area contributed by atoms with E-state index in [1.54, 1.807) is 0 Å². The van der Waals surface area contributed by atoms with Gasteiger partial charge in [0.05, 0.1) is 11.6 Å². The highest BCUT2D eigenvalue weighted by atomic mass is 15.3. The molecule has 0 saturated carbocycles. The van der Waals surface area contributed by atoms with Gasteiger partial charge in [-0.05, 0) is 37.9 Å². The first kappa shape index (κ1) is 14.4. The van der Waals surface area contributed by atoms with Crippen molar-refractivity contribution < 1.29 is 0 Å². The molecule has 2 heterocycles. The van der Waals surface area contributed by atoms with Crippen molar-refractivity contribution >= 4 is 10.9 Å². The van der Waals surface area contributed by atoms with E-state index in [9.17, 15) is 0 Å². The van der Waals surface area contributed by atoms with Gasteiger partial charge in [0, 0.05) is 37.3 Å². The SMILES string of the molecule is CN1CCN(C)C(C(NN)c2ccc3ncccc3c2)C1. The summed E-state index contributed by atoms with van der Waals surface area (Å²) >= 11 is 0. The van der Waals surface area contributed by atoms with Crippen LogP contribution in [0.2, 0.25) is 0 Å². The summed E-state index contributed by atoms with van der Waals surface area (Å²) in [6.07, 6.45) is 1.82. The molecule has 21 heavy (non-hydrogen) atoms. The summed E-state index contributed by atoms with van der Waals surface area (Å²) < 4.78 is 0. The monoisotopic (exact) mass is 285 g/mol. The van der Waals surface area contributed by atoms with Crippen molar-refractivity contribution in [2.45, 2.75) is 12.1 Å². The molecular weight excluding hydrogens is 262 g/mol. The number of aromatic nitrogens is 1. The highest BCUT2D eigenvalue weighted by Crippen LogP contribution is 2.25. The Kier molecular flexibility index (Phi) is 4.17. The zero-order valence-corrected chi connectivity index (χ0v) is 12.7. The third-order valence-corrected chi connectivity index (χ3v) is 4.45. The van der Waals surface area contributed by atoms with Crippen LogP contribution in [0.25, 0.3) is 10.9 Å². The first-order chi connectivity index (χ1) is 10.2. The Morgan fingerprint density at radius 2 is 2.14 bits per heavy atom. The van der Waals surface area contributed by atoms with Crippen molar-refractivity contribution in [3.8, 4) is 0 Å². The van der Waals surface area contributed by atoms with Crippen LogP contribution in [0.1, 0.15) is 11.6 Å². The number of benzene rings is 1. The summed E-state index contributed by atoms with van der Waals surface area (Å²) in [5, 5.41) is 1.15. The fourth-order valence-corrected chi connectivity index (χ4v) is 3.12. The molecule has 1 aliphatic heterocycles. The second-order valence-corrected chi connectivity index (χ2v) is 5.91. The van der Waals surface area contributed by atoms with Crippen molar-refractivity contribution in [3.63, 3.8) is 0 Å². The molecule has 0 bridgehead atoms. The van der Waals surface area contributed by atoms with Crippen LogP contribution in [0.5, 0.6) is 0 Å². The van der Waals surface area contributed by atoms with Crippen molar-refractivity contribution in [1.29, 1.82) is 0 Å². The Morgan fingerprint density at radius 1 is 1.29 bits per heavy atom. The lowest BCUT2D eigenvalue weighted by atomic mass is 9.95. The van der Waals surface area contributed by atoms with E-state index in [2.05, 4.69) is 58.6 Å². The number of fused-ring (bicyclic) bond motifs is 1. The molecule has 112 valence electrons. The van der Waals surface area contributed by atoms with Crippen LogP contribution in [0, 0.1) is 0 Å². The Morgan fingerprint density at radius 3 is 2.95 bits per heavy atom. The van der Waals surface area contributed by atoms with Crippen LogP contribution in [-0.4, -0.2) is 54.6 Å². The van der Waals surface area contributed by atoms with Gasteiger partial charge in [-0.2, -0.15) is 0 Å². The minimum atomic E-state index is 0.113. The predicted molar refractivity (Wildman–Crippen MR) is 85.7 cm³/mol. The summed E-state index contributed by atoms with van der Waals surface area (Å²) in [5.74, 6) is 5.88. The standard InChI is InChI=1S/C16H23N5/c1-20-8-9-21(2)15(11-20)16(19-17)13-5-6-14-12(10-13)4-3-7-18-14/h3-7,10,15-16,19H,8-9,11,17H2,1-2H3. The summed E-state index contributed by atoms with van der Waals surface area (Å²) in [7, 11) is 4.34. The quantitative estimate of drug-likeness (QED) is 0.650. The molecule has 1 aliphatic rings. The minimum absolute atomic E-state index is 0.113. The molecule has 1 aromatic heterocycles. The largest absolute Gasteiger partial charge is 0.303 e. The van der Waals surface area contributed by atoms with E-state index in [1.165, 1.54) is 5.56 Å². The van der Waals surface area contributed by atoms with Gasteiger partial charge in [-0.3, -0.25) is 21.2 Å². The molecule has 2 unspecified atom stereocenters. The first-order valence-electron chi connectivity index (χ1n) is 7.38. The van der Waals surface area contributed by atoms with Gasteiger partial charge in [-0.15, -0.1) is 0 Å². The maximum atomic E-state index is 5.88. The number of hydrogen-bond acceptors (Lipinski definition) is 5. The molecule has 2 aromatic rings. The van der Waals surface area contributed by atoms with Crippen LogP contribution < -0.4 is 11.3 Å². The van der Waals surface area contributed by atoms with Gasteiger partial charge in [0.25, 0.3) is 0 Å². The lowest BCUT2D eigenvalue weighted by Gasteiger charge is -2.41. The van der Waals surface area contributed by atoms with Gasteiger partial charge in [0.15, 0.2) is 0 Å². The van der Waals surface area contributed by atoms with Gasteiger partial charge < -0.3 is 4.90 Å². The molecule has 5 nitrogen and oxygen atoms in total. The number of hydrazine groups is 1.